The van der Waals surface area contributed by atoms with Gasteiger partial charge in [0.15, 0.2) is 5.82 Å². The molecule has 1 heterocycles. The summed E-state index contributed by atoms with van der Waals surface area (Å²) in [6.07, 6.45) is -0.811. The molecule has 0 saturated carbocycles. The second-order valence-electron chi connectivity index (χ2n) is 6.64. The minimum Gasteiger partial charge on any atom is -0.410 e. The van der Waals surface area contributed by atoms with Crippen LogP contribution in [0.4, 0.5) is 23.7 Å². The molecule has 1 aliphatic rings. The maximum Gasteiger partial charge on any atom is 0.415 e. The number of amides is 2. The van der Waals surface area contributed by atoms with E-state index in [1.807, 2.05) is 27.7 Å². The first-order valence-corrected chi connectivity index (χ1v) is 10.3. The average molecular weight is 454 g/mol. The Morgan fingerprint density at radius 1 is 1.16 bits per heavy atom. The van der Waals surface area contributed by atoms with E-state index in [1.165, 1.54) is 37.2 Å². The van der Waals surface area contributed by atoms with E-state index in [4.69, 9.17) is 10.5 Å². The molecule has 9 heteroatoms. The fourth-order valence-electron chi connectivity index (χ4n) is 2.86. The molecule has 0 aromatic heterocycles. The van der Waals surface area contributed by atoms with Crippen molar-refractivity contribution in [3.8, 4) is 5.75 Å². The summed E-state index contributed by atoms with van der Waals surface area (Å²) in [6, 6.07) is 7.90. The van der Waals surface area contributed by atoms with E-state index in [0.717, 1.165) is 17.0 Å². The van der Waals surface area contributed by atoms with Gasteiger partial charge in [-0.05, 0) is 12.1 Å². The first-order chi connectivity index (χ1) is 15.1. The van der Waals surface area contributed by atoms with E-state index in [0.29, 0.717) is 5.56 Å². The van der Waals surface area contributed by atoms with Crippen molar-refractivity contribution in [1.82, 2.24) is 9.80 Å². The standard InChI is InChI=1S/C19H18F3N3O3.2C2H6/c1-24(2)17(26)19(21,22)13-7-6-11-9-25(18(27)28-15(11)8-13)10-12-4-3-5-14(23)16(12)20;2*1-2/h3-8H,9-10,23H2,1-2H3;2*1-2H3. The molecule has 0 aliphatic carbocycles. The number of nitrogens with zero attached hydrogens (tertiary/aromatic N) is 2. The van der Waals surface area contributed by atoms with Gasteiger partial charge in [0.05, 0.1) is 18.8 Å². The Hall–Kier alpha value is -3.23. The number of ether oxygens (including phenoxy) is 1. The van der Waals surface area contributed by atoms with Crippen LogP contribution in [0.25, 0.3) is 0 Å². The summed E-state index contributed by atoms with van der Waals surface area (Å²) in [5.41, 5.74) is 5.58. The Balaban J connectivity index is 0.00000121. The normalized spacial score (nSPS) is 12.4. The van der Waals surface area contributed by atoms with Crippen LogP contribution in [0.3, 0.4) is 0 Å². The van der Waals surface area contributed by atoms with Crippen LogP contribution < -0.4 is 10.5 Å². The van der Waals surface area contributed by atoms with E-state index < -0.39 is 29.3 Å². The molecular formula is C23H30F3N3O3. The number of fused-ring (bicyclic) bond motifs is 1. The molecule has 1 aliphatic heterocycles. The van der Waals surface area contributed by atoms with Gasteiger partial charge in [-0.2, -0.15) is 8.78 Å². The van der Waals surface area contributed by atoms with Gasteiger partial charge in [0.2, 0.25) is 0 Å². The van der Waals surface area contributed by atoms with E-state index in [2.05, 4.69) is 0 Å². The van der Waals surface area contributed by atoms with Gasteiger partial charge < -0.3 is 15.4 Å². The number of halogens is 3. The molecule has 0 fully saturated rings. The Morgan fingerprint density at radius 2 is 1.78 bits per heavy atom. The number of hydrogen-bond acceptors (Lipinski definition) is 4. The van der Waals surface area contributed by atoms with Crippen LogP contribution in [0.5, 0.6) is 5.75 Å². The Kier molecular flexibility index (Phi) is 9.55. The first-order valence-electron chi connectivity index (χ1n) is 10.3. The maximum atomic E-state index is 14.3. The third-order valence-corrected chi connectivity index (χ3v) is 4.39. The Labute approximate surface area is 186 Å². The lowest BCUT2D eigenvalue weighted by molar-refractivity contribution is -0.156. The SMILES string of the molecule is CC.CC.CN(C)C(=O)C(F)(F)c1ccc2c(c1)OC(=O)N(Cc1cccc(N)c1F)C2. The summed E-state index contributed by atoms with van der Waals surface area (Å²) in [5, 5.41) is 0. The molecule has 32 heavy (non-hydrogen) atoms. The predicted molar refractivity (Wildman–Crippen MR) is 118 cm³/mol. The molecule has 3 rings (SSSR count). The van der Waals surface area contributed by atoms with E-state index in [9.17, 15) is 22.8 Å². The number of nitrogen functional groups attached to an aromatic ring is 1. The van der Waals surface area contributed by atoms with E-state index >= 15 is 0 Å². The minimum atomic E-state index is -3.76. The highest BCUT2D eigenvalue weighted by atomic mass is 19.3. The second kappa shape index (κ2) is 11.4. The zero-order chi connectivity index (χ0) is 24.6. The number of hydrogen-bond donors (Lipinski definition) is 1. The molecule has 6 nitrogen and oxygen atoms in total. The van der Waals surface area contributed by atoms with Crippen molar-refractivity contribution in [3.05, 3.63) is 58.9 Å². The van der Waals surface area contributed by atoms with Crippen LogP contribution >= 0.6 is 0 Å². The first kappa shape index (κ1) is 26.8. The van der Waals surface area contributed by atoms with E-state index in [1.54, 1.807) is 6.07 Å². The molecule has 2 amide bonds. The van der Waals surface area contributed by atoms with Crippen molar-refractivity contribution >= 4 is 17.7 Å². The average Bonchev–Trinajstić information content (AvgIpc) is 2.79. The smallest absolute Gasteiger partial charge is 0.410 e. The third kappa shape index (κ3) is 5.72. The van der Waals surface area contributed by atoms with Crippen LogP contribution in [0.15, 0.2) is 36.4 Å². The molecule has 0 spiro atoms. The molecule has 0 bridgehead atoms. The van der Waals surface area contributed by atoms with Crippen LogP contribution in [0.1, 0.15) is 44.4 Å². The molecule has 0 unspecified atom stereocenters. The van der Waals surface area contributed by atoms with Crippen molar-refractivity contribution in [2.45, 2.75) is 46.7 Å². The summed E-state index contributed by atoms with van der Waals surface area (Å²) >= 11 is 0. The van der Waals surface area contributed by atoms with Gasteiger partial charge in [-0.3, -0.25) is 9.69 Å². The Morgan fingerprint density at radius 3 is 2.38 bits per heavy atom. The fourth-order valence-corrected chi connectivity index (χ4v) is 2.86. The zero-order valence-electron chi connectivity index (χ0n) is 19.2. The third-order valence-electron chi connectivity index (χ3n) is 4.39. The summed E-state index contributed by atoms with van der Waals surface area (Å²) in [7, 11) is 2.45. The number of anilines is 1. The lowest BCUT2D eigenvalue weighted by atomic mass is 10.0. The van der Waals surface area contributed by atoms with Crippen molar-refractivity contribution in [2.75, 3.05) is 19.8 Å². The van der Waals surface area contributed by atoms with E-state index in [-0.39, 0.29) is 30.1 Å². The molecule has 0 atom stereocenters. The van der Waals surface area contributed by atoms with Gasteiger partial charge >= 0.3 is 12.0 Å². The topological polar surface area (TPSA) is 75.9 Å². The number of carbonyl (C=O) groups excluding carboxylic acids is 2. The van der Waals surface area contributed by atoms with Crippen LogP contribution in [-0.4, -0.2) is 35.9 Å². The number of likely N-dealkylation sites (N-methyl/N-ethyl adjacent to an activating group) is 1. The second-order valence-corrected chi connectivity index (χ2v) is 6.64. The van der Waals surface area contributed by atoms with Crippen molar-refractivity contribution < 1.29 is 27.5 Å². The van der Waals surface area contributed by atoms with Gasteiger partial charge in [0.1, 0.15) is 5.75 Å². The van der Waals surface area contributed by atoms with Crippen LogP contribution in [0, 0.1) is 5.82 Å². The number of benzene rings is 2. The van der Waals surface area contributed by atoms with Gasteiger partial charge in [0, 0.05) is 30.8 Å². The zero-order valence-corrected chi connectivity index (χ0v) is 19.2. The number of alkyl halides is 2. The highest BCUT2D eigenvalue weighted by Crippen LogP contribution is 2.36. The van der Waals surface area contributed by atoms with Gasteiger partial charge in [-0.1, -0.05) is 52.0 Å². The lowest BCUT2D eigenvalue weighted by Gasteiger charge is -2.29. The fraction of sp³-hybridized carbons (Fsp3) is 0.391. The predicted octanol–water partition coefficient (Wildman–Crippen LogP) is 5.15. The molecule has 176 valence electrons. The summed E-state index contributed by atoms with van der Waals surface area (Å²) in [6.45, 7) is 7.95. The van der Waals surface area contributed by atoms with Crippen molar-refractivity contribution in [2.24, 2.45) is 0 Å². The van der Waals surface area contributed by atoms with Crippen LogP contribution in [0.2, 0.25) is 0 Å². The van der Waals surface area contributed by atoms with Crippen molar-refractivity contribution in [1.29, 1.82) is 0 Å². The van der Waals surface area contributed by atoms with Crippen molar-refractivity contribution in [3.63, 3.8) is 0 Å². The highest BCUT2D eigenvalue weighted by molar-refractivity contribution is 5.84. The number of carbonyl (C=O) groups is 2. The monoisotopic (exact) mass is 453 g/mol. The highest BCUT2D eigenvalue weighted by Gasteiger charge is 2.43. The number of rotatable bonds is 4. The summed E-state index contributed by atoms with van der Waals surface area (Å²) in [4.78, 5) is 26.0. The summed E-state index contributed by atoms with van der Waals surface area (Å²) < 4.78 is 47.9. The molecule has 0 saturated heterocycles. The molecule has 2 N–H and O–H groups in total. The summed E-state index contributed by atoms with van der Waals surface area (Å²) in [5.74, 6) is -5.82. The Bertz CT molecular complexity index is 949. The largest absolute Gasteiger partial charge is 0.415 e. The molecular weight excluding hydrogens is 423 g/mol. The maximum absolute atomic E-state index is 14.3. The van der Waals surface area contributed by atoms with Gasteiger partial charge in [0.25, 0.3) is 5.91 Å². The minimum absolute atomic E-state index is 0.0376. The molecule has 0 radical (unpaired) electrons. The number of nitrogens with two attached hydrogens (primary N) is 1. The molecule has 2 aromatic carbocycles. The quantitative estimate of drug-likeness (QED) is 0.650. The van der Waals surface area contributed by atoms with Gasteiger partial charge in [-0.15, -0.1) is 0 Å². The molecule has 2 aromatic rings. The van der Waals surface area contributed by atoms with Gasteiger partial charge in [-0.25, -0.2) is 9.18 Å². The van der Waals surface area contributed by atoms with Crippen LogP contribution in [-0.2, 0) is 23.8 Å². The lowest BCUT2D eigenvalue weighted by Crippen LogP contribution is -2.38.